The molecule has 1 N–H and O–H groups in total. The molecule has 0 aliphatic rings. The van der Waals surface area contributed by atoms with Crippen LogP contribution in [0.25, 0.3) is 0 Å². The first-order valence-corrected chi connectivity index (χ1v) is 4.51. The van der Waals surface area contributed by atoms with Crippen molar-refractivity contribution in [2.45, 2.75) is 18.5 Å². The van der Waals surface area contributed by atoms with Gasteiger partial charge in [-0.05, 0) is 6.07 Å². The Bertz CT molecular complexity index is 456. The summed E-state index contributed by atoms with van der Waals surface area (Å²) in [5.41, 5.74) is -0.736. The van der Waals surface area contributed by atoms with Gasteiger partial charge in [0.05, 0.1) is 0 Å². The molecule has 0 aliphatic heterocycles. The molecule has 0 unspecified atom stereocenters. The molecule has 1 rings (SSSR count). The van der Waals surface area contributed by atoms with Crippen LogP contribution in [0.15, 0.2) is 18.3 Å². The van der Waals surface area contributed by atoms with E-state index in [0.717, 1.165) is 6.20 Å². The molecule has 0 saturated carbocycles. The molecule has 0 atom stereocenters. The molecule has 0 bridgehead atoms. The largest absolute Gasteiger partial charge is 0.477 e. The predicted molar refractivity (Wildman–Crippen MR) is 47.7 cm³/mol. The molecular formula is C9H5F6NO3. The van der Waals surface area contributed by atoms with E-state index in [1.54, 1.807) is 0 Å². The van der Waals surface area contributed by atoms with E-state index in [1.165, 1.54) is 0 Å². The number of halogens is 6. The maximum atomic E-state index is 12.2. The number of aromatic nitrogens is 1. The number of alkyl halides is 6. The van der Waals surface area contributed by atoms with Crippen molar-refractivity contribution in [1.29, 1.82) is 0 Å². The SMILES string of the molecule is O=C(O)c1cc(OC(C(F)(F)F)C(F)(F)F)ccn1. The molecule has 0 radical (unpaired) electrons. The van der Waals surface area contributed by atoms with Crippen LogP contribution in [0.5, 0.6) is 5.75 Å². The molecule has 0 fully saturated rings. The van der Waals surface area contributed by atoms with Crippen molar-refractivity contribution in [1.82, 2.24) is 4.98 Å². The molecule has 4 nitrogen and oxygen atoms in total. The third-order valence-electron chi connectivity index (χ3n) is 1.80. The topological polar surface area (TPSA) is 59.4 Å². The summed E-state index contributed by atoms with van der Waals surface area (Å²) in [6.45, 7) is 0. The lowest BCUT2D eigenvalue weighted by atomic mass is 10.3. The third-order valence-corrected chi connectivity index (χ3v) is 1.80. The normalized spacial score (nSPS) is 12.6. The van der Waals surface area contributed by atoms with Crippen LogP contribution >= 0.6 is 0 Å². The second kappa shape index (κ2) is 4.94. The van der Waals surface area contributed by atoms with Gasteiger partial charge in [-0.15, -0.1) is 0 Å². The van der Waals surface area contributed by atoms with E-state index in [2.05, 4.69) is 9.72 Å². The Hall–Kier alpha value is -2.00. The van der Waals surface area contributed by atoms with Gasteiger partial charge in [-0.3, -0.25) is 0 Å². The first-order valence-electron chi connectivity index (χ1n) is 4.51. The Labute approximate surface area is 101 Å². The monoisotopic (exact) mass is 289 g/mol. The average molecular weight is 289 g/mol. The smallest absolute Gasteiger partial charge is 0.434 e. The molecular weight excluding hydrogens is 284 g/mol. The van der Waals surface area contributed by atoms with Gasteiger partial charge in [-0.2, -0.15) is 26.3 Å². The highest BCUT2D eigenvalue weighted by Crippen LogP contribution is 2.36. The van der Waals surface area contributed by atoms with Crippen LogP contribution in [0.1, 0.15) is 10.5 Å². The van der Waals surface area contributed by atoms with Gasteiger partial charge in [-0.1, -0.05) is 0 Å². The van der Waals surface area contributed by atoms with Crippen LogP contribution < -0.4 is 4.74 Å². The fourth-order valence-electron chi connectivity index (χ4n) is 1.06. The van der Waals surface area contributed by atoms with Crippen LogP contribution in [0.2, 0.25) is 0 Å². The summed E-state index contributed by atoms with van der Waals surface area (Å²) in [5.74, 6) is -2.51. The molecule has 1 heterocycles. The van der Waals surface area contributed by atoms with E-state index >= 15 is 0 Å². The summed E-state index contributed by atoms with van der Waals surface area (Å²) in [5, 5.41) is 8.50. The Morgan fingerprint density at radius 3 is 2.16 bits per heavy atom. The Kier molecular flexibility index (Phi) is 3.91. The molecule has 0 spiro atoms. The van der Waals surface area contributed by atoms with Crippen LogP contribution in [0.4, 0.5) is 26.3 Å². The van der Waals surface area contributed by atoms with Crippen LogP contribution in [0, 0.1) is 0 Å². The highest BCUT2D eigenvalue weighted by Gasteiger charge is 2.59. The predicted octanol–water partition coefficient (Wildman–Crippen LogP) is 2.65. The van der Waals surface area contributed by atoms with Gasteiger partial charge in [0.15, 0.2) is 5.69 Å². The first-order chi connectivity index (χ1) is 8.51. The molecule has 1 aromatic rings. The van der Waals surface area contributed by atoms with E-state index in [4.69, 9.17) is 5.11 Å². The summed E-state index contributed by atoms with van der Waals surface area (Å²) in [4.78, 5) is 13.7. The van der Waals surface area contributed by atoms with Crippen molar-refractivity contribution in [2.75, 3.05) is 0 Å². The van der Waals surface area contributed by atoms with Gasteiger partial charge in [0.1, 0.15) is 5.75 Å². The zero-order valence-electron chi connectivity index (χ0n) is 8.79. The number of aromatic carboxylic acids is 1. The van der Waals surface area contributed by atoms with Gasteiger partial charge in [0.2, 0.25) is 0 Å². The van der Waals surface area contributed by atoms with Gasteiger partial charge < -0.3 is 9.84 Å². The quantitative estimate of drug-likeness (QED) is 0.869. The van der Waals surface area contributed by atoms with Crippen molar-refractivity contribution >= 4 is 5.97 Å². The lowest BCUT2D eigenvalue weighted by Gasteiger charge is -2.23. The molecule has 19 heavy (non-hydrogen) atoms. The minimum Gasteiger partial charge on any atom is -0.477 e. The number of carbonyl (C=O) groups is 1. The molecule has 106 valence electrons. The number of rotatable bonds is 3. The molecule has 0 saturated heterocycles. The van der Waals surface area contributed by atoms with Crippen molar-refractivity contribution in [2.24, 2.45) is 0 Å². The molecule has 0 aromatic carbocycles. The summed E-state index contributed by atoms with van der Waals surface area (Å²) in [7, 11) is 0. The molecule has 0 aliphatic carbocycles. The minimum absolute atomic E-state index is 0.465. The standard InChI is InChI=1S/C9H5F6NO3/c10-8(11,12)7(9(13,14)15)19-4-1-2-16-5(3-4)6(17)18/h1-3,7H,(H,17,18). The Morgan fingerprint density at radius 1 is 1.21 bits per heavy atom. The number of hydrogen-bond acceptors (Lipinski definition) is 3. The summed E-state index contributed by atoms with van der Waals surface area (Å²) >= 11 is 0. The van der Waals surface area contributed by atoms with Crippen LogP contribution in [-0.4, -0.2) is 34.5 Å². The van der Waals surface area contributed by atoms with E-state index in [-0.39, 0.29) is 0 Å². The molecule has 10 heteroatoms. The maximum absolute atomic E-state index is 12.2. The van der Waals surface area contributed by atoms with E-state index in [0.29, 0.717) is 12.1 Å². The number of carboxylic acid groups (broad SMARTS) is 1. The zero-order valence-corrected chi connectivity index (χ0v) is 8.79. The van der Waals surface area contributed by atoms with E-state index in [1.807, 2.05) is 0 Å². The number of carboxylic acids is 1. The van der Waals surface area contributed by atoms with Crippen molar-refractivity contribution in [3.63, 3.8) is 0 Å². The summed E-state index contributed by atoms with van der Waals surface area (Å²) < 4.78 is 76.9. The highest BCUT2D eigenvalue weighted by molar-refractivity contribution is 5.85. The Morgan fingerprint density at radius 2 is 1.74 bits per heavy atom. The minimum atomic E-state index is -5.68. The second-order valence-electron chi connectivity index (χ2n) is 3.26. The van der Waals surface area contributed by atoms with Crippen LogP contribution in [0.3, 0.4) is 0 Å². The number of pyridine rings is 1. The summed E-state index contributed by atoms with van der Waals surface area (Å²) in [6, 6.07) is 1.16. The van der Waals surface area contributed by atoms with Gasteiger partial charge in [0, 0.05) is 12.3 Å². The van der Waals surface area contributed by atoms with Crippen molar-refractivity contribution < 1.29 is 41.0 Å². The van der Waals surface area contributed by atoms with Crippen molar-refractivity contribution in [3.05, 3.63) is 24.0 Å². The first kappa shape index (κ1) is 15.1. The Balaban J connectivity index is 3.04. The molecule has 1 aromatic heterocycles. The van der Waals surface area contributed by atoms with Crippen molar-refractivity contribution in [3.8, 4) is 5.75 Å². The van der Waals surface area contributed by atoms with E-state index in [9.17, 15) is 31.1 Å². The zero-order chi connectivity index (χ0) is 14.8. The maximum Gasteiger partial charge on any atom is 0.434 e. The lowest BCUT2D eigenvalue weighted by molar-refractivity contribution is -0.299. The van der Waals surface area contributed by atoms with Gasteiger partial charge in [0.25, 0.3) is 6.10 Å². The summed E-state index contributed by atoms with van der Waals surface area (Å²) in [6.07, 6.45) is -14.7. The lowest BCUT2D eigenvalue weighted by Crippen LogP contribution is -2.46. The fraction of sp³-hybridized carbons (Fsp3) is 0.333. The van der Waals surface area contributed by atoms with E-state index < -0.39 is 35.9 Å². The number of hydrogen-bond donors (Lipinski definition) is 1. The van der Waals surface area contributed by atoms with Gasteiger partial charge in [-0.25, -0.2) is 9.78 Å². The number of ether oxygens (including phenoxy) is 1. The number of nitrogens with zero attached hydrogens (tertiary/aromatic N) is 1. The highest BCUT2D eigenvalue weighted by atomic mass is 19.4. The molecule has 0 amide bonds. The van der Waals surface area contributed by atoms with Gasteiger partial charge >= 0.3 is 18.3 Å². The van der Waals surface area contributed by atoms with Crippen LogP contribution in [-0.2, 0) is 0 Å². The fourth-order valence-corrected chi connectivity index (χ4v) is 1.06. The third kappa shape index (κ3) is 4.00. The second-order valence-corrected chi connectivity index (χ2v) is 3.26. The average Bonchev–Trinajstić information content (AvgIpc) is 2.23.